The first-order chi connectivity index (χ1) is 69.2. The number of aromatic nitrogens is 2. The van der Waals surface area contributed by atoms with E-state index in [1.54, 1.807) is 13.8 Å². The molecule has 6 atom stereocenters. The number of carbonyl (C=O) groups excluding carboxylic acids is 4. The van der Waals surface area contributed by atoms with Gasteiger partial charge in [0.05, 0.1) is 365 Å². The second-order valence-electron chi connectivity index (χ2n) is 31.8. The Balaban J connectivity index is 0.579. The van der Waals surface area contributed by atoms with Crippen LogP contribution in [-0.4, -0.2) is 404 Å². The number of aliphatic carboxylic acids is 1. The first-order valence-electron chi connectivity index (χ1n) is 48.2. The maximum absolute atomic E-state index is 15.6. The van der Waals surface area contributed by atoms with E-state index in [9.17, 15) is 48.1 Å². The van der Waals surface area contributed by atoms with Gasteiger partial charge in [0, 0.05) is 46.0 Å². The number of esters is 1. The molecule has 2 aromatic heterocycles. The lowest BCUT2D eigenvalue weighted by Crippen LogP contribution is -2.47. The minimum Gasteiger partial charge on any atom is -0.480 e. The molecule has 1 aliphatic carbocycles. The molecule has 7 rings (SSSR count). The summed E-state index contributed by atoms with van der Waals surface area (Å²) in [5.74, 6) is -4.79. The minimum atomic E-state index is -4.57. The maximum Gasteiger partial charge on any atom is 0.406 e. The molecule has 4 unspecified atom stereocenters. The number of nitrogens with one attached hydrogen (secondary N) is 5. The average molecular weight is 2070 g/mol. The lowest BCUT2D eigenvalue weighted by Gasteiger charge is -2.31. The van der Waals surface area contributed by atoms with Crippen LogP contribution in [-0.2, 0) is 181 Å². The van der Waals surface area contributed by atoms with Crippen LogP contribution in [0.2, 0.25) is 0 Å². The van der Waals surface area contributed by atoms with Gasteiger partial charge in [-0.05, 0) is 106 Å². The second-order valence-corrected chi connectivity index (χ2v) is 35.4. The number of halogens is 1. The molecule has 0 bridgehead atoms. The number of ether oxygens (including phenoxy) is 24. The summed E-state index contributed by atoms with van der Waals surface area (Å²) in [7, 11) is -8.38. The van der Waals surface area contributed by atoms with Gasteiger partial charge in [-0.2, -0.15) is 0 Å². The van der Waals surface area contributed by atoms with E-state index < -0.39 is 86.6 Å². The number of aliphatic hydroxyl groups excluding tert-OH is 1. The molecule has 0 fully saturated rings. The summed E-state index contributed by atoms with van der Waals surface area (Å²) in [6, 6.07) is 5.39. The van der Waals surface area contributed by atoms with Crippen molar-refractivity contribution < 1.29 is 180 Å². The first-order valence-corrected chi connectivity index (χ1v) is 51.4. The Morgan fingerprint density at radius 2 is 0.937 bits per heavy atom. The molecular formula is C94H148FN7O38P2. The number of aliphatic hydroxyl groups is 2. The summed E-state index contributed by atoms with van der Waals surface area (Å²) in [6.07, 6.45) is 7.20. The third-order valence-corrected chi connectivity index (χ3v) is 24.6. The first kappa shape index (κ1) is 122. The van der Waals surface area contributed by atoms with Gasteiger partial charge in [-0.1, -0.05) is 6.92 Å². The molecule has 2 aromatic carbocycles. The largest absolute Gasteiger partial charge is 0.480 e. The number of terminal acetylenes is 1. The summed E-state index contributed by atoms with van der Waals surface area (Å²) >= 11 is 0. The van der Waals surface area contributed by atoms with Crippen LogP contribution >= 0.6 is 15.3 Å². The van der Waals surface area contributed by atoms with E-state index in [0.717, 1.165) is 0 Å². The van der Waals surface area contributed by atoms with Crippen LogP contribution in [0.15, 0.2) is 41.2 Å². The van der Waals surface area contributed by atoms with E-state index in [2.05, 4.69) is 31.8 Å². The predicted molar refractivity (Wildman–Crippen MR) is 510 cm³/mol. The number of benzene rings is 2. The molecule has 0 saturated carbocycles. The van der Waals surface area contributed by atoms with Gasteiger partial charge >= 0.3 is 27.2 Å². The van der Waals surface area contributed by atoms with Crippen LogP contribution in [0.4, 0.5) is 10.1 Å². The zero-order valence-electron chi connectivity index (χ0n) is 82.3. The number of carbonyl (C=O) groups is 5. The number of carboxylic acids is 1. The molecule has 0 radical (unpaired) electrons. The van der Waals surface area contributed by atoms with Crippen LogP contribution in [0.5, 0.6) is 0 Å². The van der Waals surface area contributed by atoms with Crippen molar-refractivity contribution in [1.29, 1.82) is 0 Å². The van der Waals surface area contributed by atoms with Gasteiger partial charge in [0.25, 0.3) is 11.5 Å². The fourth-order valence-corrected chi connectivity index (χ4v) is 16.5. The van der Waals surface area contributed by atoms with Gasteiger partial charge < -0.3 is 159 Å². The Kier molecular flexibility index (Phi) is 63.2. The highest BCUT2D eigenvalue weighted by atomic mass is 31.2. The van der Waals surface area contributed by atoms with E-state index in [4.69, 9.17) is 144 Å². The van der Waals surface area contributed by atoms with Crippen LogP contribution < -0.4 is 31.7 Å². The van der Waals surface area contributed by atoms with Crippen molar-refractivity contribution >= 4 is 61.5 Å². The summed E-state index contributed by atoms with van der Waals surface area (Å²) in [5, 5.41) is 43.4. The Morgan fingerprint density at radius 3 is 1.32 bits per heavy atom. The van der Waals surface area contributed by atoms with Gasteiger partial charge in [0.2, 0.25) is 11.8 Å². The van der Waals surface area contributed by atoms with Crippen molar-refractivity contribution in [3.63, 3.8) is 0 Å². The highest BCUT2D eigenvalue weighted by Crippen LogP contribution is 2.48. The number of carboxylic acid groups (broad SMARTS) is 1. The molecule has 2 aliphatic heterocycles. The van der Waals surface area contributed by atoms with Gasteiger partial charge in [-0.25, -0.2) is 23.8 Å². The number of aryl methyl sites for hydroxylation is 1. The van der Waals surface area contributed by atoms with Crippen LogP contribution in [0, 0.1) is 24.8 Å². The highest BCUT2D eigenvalue weighted by molar-refractivity contribution is 7.65. The monoisotopic (exact) mass is 2060 g/mol. The predicted octanol–water partition coefficient (Wildman–Crippen LogP) is 4.53. The Bertz CT molecular complexity index is 4430. The van der Waals surface area contributed by atoms with Crippen molar-refractivity contribution in [3.8, 4) is 23.5 Å². The van der Waals surface area contributed by atoms with Gasteiger partial charge in [0.15, 0.2) is 5.60 Å². The molecule has 142 heavy (non-hydrogen) atoms. The Hall–Kier alpha value is -7.26. The lowest BCUT2D eigenvalue weighted by molar-refractivity contribution is -0.172. The van der Waals surface area contributed by atoms with Crippen molar-refractivity contribution in [2.75, 3.05) is 342 Å². The summed E-state index contributed by atoms with van der Waals surface area (Å²) < 4.78 is 194. The maximum atomic E-state index is 15.6. The van der Waals surface area contributed by atoms with E-state index in [0.29, 0.717) is 337 Å². The molecule has 3 aliphatic rings. The quantitative estimate of drug-likeness (QED) is 0.0115. The van der Waals surface area contributed by atoms with Crippen molar-refractivity contribution in [3.05, 3.63) is 91.5 Å². The van der Waals surface area contributed by atoms with Crippen molar-refractivity contribution in [2.45, 2.75) is 103 Å². The van der Waals surface area contributed by atoms with Crippen LogP contribution in [0.25, 0.3) is 22.3 Å². The average Bonchev–Trinajstić information content (AvgIpc) is 1.53. The topological polar surface area (TPSA) is 524 Å². The van der Waals surface area contributed by atoms with Crippen LogP contribution in [0.1, 0.15) is 103 Å². The number of nitrogens with zero attached hydrogens (tertiary/aromatic N) is 2. The van der Waals surface area contributed by atoms with Crippen molar-refractivity contribution in [2.24, 2.45) is 0 Å². The Labute approximate surface area is 828 Å². The number of hydrogen-bond donors (Lipinski definition) is 8. The number of amides is 3. The van der Waals surface area contributed by atoms with Gasteiger partial charge in [0.1, 0.15) is 25.1 Å². The van der Waals surface area contributed by atoms with Gasteiger partial charge in [-0.15, -0.1) is 6.42 Å². The lowest BCUT2D eigenvalue weighted by atomic mass is 9.81. The SMILES string of the molecule is C#CP(=O)(Nc1ccc(C(=O)NCCCCCOP(=O)(NC(C)C(=O)NC(C)C(=O)O)OCC(=O)N[C@H]2CCc3c(C)c(F)cc4nc5c(c2c34)Cn2c-5cc3c(c2=O)COC(=O)[C@]3(O)CC)cc1)OCCOCCOCCOCCOCCOCCOCCOCCOCCOCCOCCOCCOCCOCCOCCOCCOCCOCCOCCOCCOCCOCCOCCOCCO. The molecule has 0 saturated heterocycles. The smallest absolute Gasteiger partial charge is 0.406 e. The summed E-state index contributed by atoms with van der Waals surface area (Å²) in [4.78, 5) is 83.7. The van der Waals surface area contributed by atoms with E-state index >= 15 is 4.39 Å². The van der Waals surface area contributed by atoms with Gasteiger partial charge in [-0.3, -0.25) is 37.6 Å². The number of hydrogen-bond acceptors (Lipinski definition) is 38. The third-order valence-electron chi connectivity index (χ3n) is 21.4. The number of anilines is 1. The van der Waals surface area contributed by atoms with E-state index in [-0.39, 0.29) is 112 Å². The summed E-state index contributed by atoms with van der Waals surface area (Å²) in [5.41, 5.74) is 3.28. The number of cyclic esters (lactones) is 1. The number of fused-ring (bicyclic) bond motifs is 5. The number of rotatable bonds is 92. The molecule has 804 valence electrons. The zero-order chi connectivity index (χ0) is 102. The fraction of sp³-hybridized carbons (Fsp3) is 0.713. The molecule has 0 spiro atoms. The summed E-state index contributed by atoms with van der Waals surface area (Å²) in [6.45, 7) is 24.1. The molecular weight excluding hydrogens is 1920 g/mol. The normalized spacial score (nSPS) is 15.5. The number of unbranched alkanes of at least 4 members (excludes halogenated alkanes) is 2. The zero-order valence-corrected chi connectivity index (χ0v) is 84.1. The second kappa shape index (κ2) is 73.8. The fourth-order valence-electron chi connectivity index (χ4n) is 14.0. The molecule has 3 amide bonds. The molecule has 4 heterocycles. The number of pyridine rings is 2. The standard InChI is InChI=1S/C94H148FN7O38P2/c1-6-94(111)80-67-84-88-78(69-102(84)91(107)79(80)70-137-93(94)110)87-82(16-15-77-72(3)81(95)68-83(99-88)86(77)87)98-85(104)71-140-142(113,100-73(4)89(105)97-74(5)92(108)109)139-19-10-8-9-17-96-90(106)75-11-13-76(14-12-75)101-141(112,7-2)138-66-65-136-64-63-135-62-61-134-60-59-133-58-57-132-56-55-131-54-53-130-52-51-129-50-49-128-48-47-127-46-45-126-44-43-125-42-41-124-40-39-123-38-37-122-36-35-121-34-33-120-32-31-119-30-29-118-28-27-117-26-25-116-24-23-115-22-21-114-20-18-103/h2,11-14,67-68,73-74,82,103,111H,6,8-10,15-66,69-71H2,1,3-5H3,(H,96,106)(H,97,105)(H,98,104)(H,100,113)(H,101,112)(H,108,109)/t73?,74?,82-,94-,141?,142?/m0/s1. The van der Waals surface area contributed by atoms with Crippen molar-refractivity contribution in [1.82, 2.24) is 30.6 Å². The minimum absolute atomic E-state index is 0.00823. The molecule has 48 heteroatoms. The molecule has 8 N–H and O–H groups in total. The Morgan fingerprint density at radius 1 is 0.535 bits per heavy atom. The molecule has 45 nitrogen and oxygen atoms in total. The van der Waals surface area contributed by atoms with E-state index in [1.165, 1.54) is 54.8 Å². The van der Waals surface area contributed by atoms with Crippen LogP contribution in [0.3, 0.4) is 0 Å². The highest BCUT2D eigenvalue weighted by Gasteiger charge is 2.46. The third kappa shape index (κ3) is 47.7. The molecule has 4 aromatic rings. The van der Waals surface area contributed by atoms with E-state index in [1.807, 2.05) is 0 Å².